The monoisotopic (exact) mass is 215 g/mol. The Morgan fingerprint density at radius 2 is 2.36 bits per heavy atom. The van der Waals surface area contributed by atoms with E-state index in [2.05, 4.69) is 20.9 Å². The zero-order valence-corrected chi connectivity index (χ0v) is 7.93. The van der Waals surface area contributed by atoms with Crippen molar-refractivity contribution >= 4 is 15.9 Å². The lowest BCUT2D eigenvalue weighted by atomic mass is 10.2. The number of halogens is 1. The molecule has 0 aliphatic rings. The highest BCUT2D eigenvalue weighted by atomic mass is 79.9. The van der Waals surface area contributed by atoms with Crippen LogP contribution in [0.5, 0.6) is 0 Å². The van der Waals surface area contributed by atoms with E-state index in [-0.39, 0.29) is 6.61 Å². The maximum atomic E-state index is 8.67. The van der Waals surface area contributed by atoms with Crippen molar-refractivity contribution in [3.8, 4) is 0 Å². The van der Waals surface area contributed by atoms with Crippen LogP contribution in [0.4, 0.5) is 0 Å². The molecule has 0 fully saturated rings. The van der Waals surface area contributed by atoms with E-state index in [9.17, 15) is 0 Å². The predicted octanol–water partition coefficient (Wildman–Crippen LogP) is 1.69. The van der Waals surface area contributed by atoms with Crippen LogP contribution >= 0.6 is 15.9 Å². The van der Waals surface area contributed by atoms with Gasteiger partial charge in [0.15, 0.2) is 0 Å². The number of aliphatic hydroxyl groups is 1. The maximum Gasteiger partial charge on any atom is 0.0570 e. The van der Waals surface area contributed by atoms with Gasteiger partial charge in [-0.25, -0.2) is 0 Å². The molecule has 0 aliphatic carbocycles. The number of hydrogen-bond donors (Lipinski definition) is 1. The van der Waals surface area contributed by atoms with Crippen LogP contribution in [-0.2, 0) is 6.42 Å². The summed E-state index contributed by atoms with van der Waals surface area (Å²) < 4.78 is 1.01. The third kappa shape index (κ3) is 2.01. The lowest BCUT2D eigenvalue weighted by Crippen LogP contribution is -1.96. The number of hydrogen-bond acceptors (Lipinski definition) is 2. The van der Waals surface area contributed by atoms with Gasteiger partial charge in [-0.05, 0) is 34.5 Å². The second kappa shape index (κ2) is 3.83. The molecule has 0 saturated heterocycles. The van der Waals surface area contributed by atoms with Crippen LogP contribution in [0.2, 0.25) is 0 Å². The maximum absolute atomic E-state index is 8.67. The Kier molecular flexibility index (Phi) is 3.02. The molecule has 2 nitrogen and oxygen atoms in total. The van der Waals surface area contributed by atoms with Crippen molar-refractivity contribution in [2.45, 2.75) is 13.3 Å². The molecule has 3 heteroatoms. The number of aromatic nitrogens is 1. The quantitative estimate of drug-likeness (QED) is 0.815. The highest BCUT2D eigenvalue weighted by Gasteiger charge is 2.01. The summed E-state index contributed by atoms with van der Waals surface area (Å²) in [7, 11) is 0. The molecule has 0 atom stereocenters. The fourth-order valence-electron chi connectivity index (χ4n) is 0.877. The topological polar surface area (TPSA) is 33.1 Å². The first kappa shape index (κ1) is 8.68. The molecule has 1 N–H and O–H groups in total. The summed E-state index contributed by atoms with van der Waals surface area (Å²) in [6, 6.07) is 1.94. The Balaban J connectivity index is 2.96. The van der Waals surface area contributed by atoms with Crippen molar-refractivity contribution in [3.05, 3.63) is 28.0 Å². The molecule has 0 unspecified atom stereocenters. The van der Waals surface area contributed by atoms with Crippen LogP contribution < -0.4 is 0 Å². The van der Waals surface area contributed by atoms with Gasteiger partial charge in [-0.1, -0.05) is 0 Å². The lowest BCUT2D eigenvalue weighted by Gasteiger charge is -2.02. The fraction of sp³-hybridized carbons (Fsp3) is 0.375. The zero-order valence-electron chi connectivity index (χ0n) is 6.34. The first-order valence-corrected chi connectivity index (χ1v) is 4.26. The second-order valence-corrected chi connectivity index (χ2v) is 3.16. The Bertz CT molecular complexity index is 250. The minimum Gasteiger partial charge on any atom is -0.396 e. The van der Waals surface area contributed by atoms with Gasteiger partial charge in [0, 0.05) is 23.7 Å². The standard InChI is InChI=1S/C8H10BrNO/c1-6-2-4-10-7(3-5-11)8(6)9/h2,4,11H,3,5H2,1H3. The summed E-state index contributed by atoms with van der Waals surface area (Å²) >= 11 is 3.41. The summed E-state index contributed by atoms with van der Waals surface area (Å²) in [4.78, 5) is 4.12. The predicted molar refractivity (Wildman–Crippen MR) is 47.5 cm³/mol. The molecule has 0 spiro atoms. The lowest BCUT2D eigenvalue weighted by molar-refractivity contribution is 0.298. The van der Waals surface area contributed by atoms with Crippen LogP contribution in [0.25, 0.3) is 0 Å². The van der Waals surface area contributed by atoms with Gasteiger partial charge in [0.2, 0.25) is 0 Å². The molecule has 0 aliphatic heterocycles. The summed E-state index contributed by atoms with van der Waals surface area (Å²) in [5.41, 5.74) is 2.08. The molecule has 0 aromatic carbocycles. The van der Waals surface area contributed by atoms with E-state index in [1.54, 1.807) is 6.20 Å². The van der Waals surface area contributed by atoms with E-state index in [0.29, 0.717) is 6.42 Å². The average Bonchev–Trinajstić information content (AvgIpc) is 1.99. The Hall–Kier alpha value is -0.410. The van der Waals surface area contributed by atoms with Crippen LogP contribution in [0.1, 0.15) is 11.3 Å². The van der Waals surface area contributed by atoms with E-state index < -0.39 is 0 Å². The third-order valence-corrected chi connectivity index (χ3v) is 2.59. The highest BCUT2D eigenvalue weighted by molar-refractivity contribution is 9.10. The molecule has 0 radical (unpaired) electrons. The van der Waals surface area contributed by atoms with Crippen LogP contribution in [0.15, 0.2) is 16.7 Å². The van der Waals surface area contributed by atoms with Gasteiger partial charge in [-0.3, -0.25) is 4.98 Å². The number of nitrogens with zero attached hydrogens (tertiary/aromatic N) is 1. The van der Waals surface area contributed by atoms with Crippen molar-refractivity contribution < 1.29 is 5.11 Å². The van der Waals surface area contributed by atoms with Gasteiger partial charge in [0.25, 0.3) is 0 Å². The number of aryl methyl sites for hydroxylation is 1. The van der Waals surface area contributed by atoms with Gasteiger partial charge in [-0.15, -0.1) is 0 Å². The minimum atomic E-state index is 0.148. The van der Waals surface area contributed by atoms with Gasteiger partial charge in [0.05, 0.1) is 5.69 Å². The molecule has 1 aromatic rings. The van der Waals surface area contributed by atoms with Crippen molar-refractivity contribution in [3.63, 3.8) is 0 Å². The molecule has 1 heterocycles. The normalized spacial score (nSPS) is 10.1. The van der Waals surface area contributed by atoms with Crippen molar-refractivity contribution in [1.29, 1.82) is 0 Å². The molecule has 11 heavy (non-hydrogen) atoms. The molecule has 1 rings (SSSR count). The SMILES string of the molecule is Cc1ccnc(CCO)c1Br. The Morgan fingerprint density at radius 3 is 3.00 bits per heavy atom. The Labute approximate surface area is 74.4 Å². The average molecular weight is 216 g/mol. The van der Waals surface area contributed by atoms with Crippen molar-refractivity contribution in [2.24, 2.45) is 0 Å². The molecule has 0 amide bonds. The molecule has 1 aromatic heterocycles. The molecular formula is C8H10BrNO. The minimum absolute atomic E-state index is 0.148. The molecule has 0 saturated carbocycles. The van der Waals surface area contributed by atoms with Gasteiger partial charge in [-0.2, -0.15) is 0 Å². The second-order valence-electron chi connectivity index (χ2n) is 2.36. The van der Waals surface area contributed by atoms with Gasteiger partial charge >= 0.3 is 0 Å². The van der Waals surface area contributed by atoms with Crippen LogP contribution in [0, 0.1) is 6.92 Å². The third-order valence-electron chi connectivity index (χ3n) is 1.50. The Morgan fingerprint density at radius 1 is 1.64 bits per heavy atom. The molecule has 60 valence electrons. The van der Waals surface area contributed by atoms with Gasteiger partial charge < -0.3 is 5.11 Å². The summed E-state index contributed by atoms with van der Waals surface area (Å²) in [6.45, 7) is 2.15. The smallest absolute Gasteiger partial charge is 0.0570 e. The largest absolute Gasteiger partial charge is 0.396 e. The fourth-order valence-corrected chi connectivity index (χ4v) is 1.31. The number of pyridine rings is 1. The van der Waals surface area contributed by atoms with E-state index in [4.69, 9.17) is 5.11 Å². The summed E-state index contributed by atoms with van der Waals surface area (Å²) in [5.74, 6) is 0. The van der Waals surface area contributed by atoms with Gasteiger partial charge in [0.1, 0.15) is 0 Å². The van der Waals surface area contributed by atoms with E-state index in [1.807, 2.05) is 13.0 Å². The highest BCUT2D eigenvalue weighted by Crippen LogP contribution is 2.18. The number of aliphatic hydroxyl groups excluding tert-OH is 1. The first-order valence-electron chi connectivity index (χ1n) is 3.46. The summed E-state index contributed by atoms with van der Waals surface area (Å²) in [5, 5.41) is 8.67. The zero-order chi connectivity index (χ0) is 8.27. The van der Waals surface area contributed by atoms with E-state index in [0.717, 1.165) is 15.7 Å². The van der Waals surface area contributed by atoms with Crippen LogP contribution in [-0.4, -0.2) is 16.7 Å². The molecular weight excluding hydrogens is 206 g/mol. The van der Waals surface area contributed by atoms with Crippen molar-refractivity contribution in [1.82, 2.24) is 4.98 Å². The number of rotatable bonds is 2. The molecule has 0 bridgehead atoms. The summed E-state index contributed by atoms with van der Waals surface area (Å²) in [6.07, 6.45) is 2.37. The van der Waals surface area contributed by atoms with Crippen molar-refractivity contribution in [2.75, 3.05) is 6.61 Å². The van der Waals surface area contributed by atoms with E-state index in [1.165, 1.54) is 0 Å². The van der Waals surface area contributed by atoms with E-state index >= 15 is 0 Å². The first-order chi connectivity index (χ1) is 5.25. The van der Waals surface area contributed by atoms with Crippen LogP contribution in [0.3, 0.4) is 0 Å².